The van der Waals surface area contributed by atoms with E-state index in [0.29, 0.717) is 17.4 Å². The van der Waals surface area contributed by atoms with E-state index in [-0.39, 0.29) is 10.9 Å². The van der Waals surface area contributed by atoms with Crippen molar-refractivity contribution < 1.29 is 8.42 Å². The summed E-state index contributed by atoms with van der Waals surface area (Å²) < 4.78 is 28.1. The summed E-state index contributed by atoms with van der Waals surface area (Å²) in [5.41, 5.74) is 0.612. The molecular formula is C15H22N6O2S. The van der Waals surface area contributed by atoms with Crippen LogP contribution in [0.2, 0.25) is 0 Å². The maximum atomic E-state index is 12.6. The molecule has 0 unspecified atom stereocenters. The fourth-order valence-corrected chi connectivity index (χ4v) is 4.26. The first kappa shape index (κ1) is 17.0. The Kier molecular flexibility index (Phi) is 4.93. The lowest BCUT2D eigenvalue weighted by molar-refractivity contribution is 0.168. The van der Waals surface area contributed by atoms with Gasteiger partial charge in [-0.05, 0) is 57.1 Å². The van der Waals surface area contributed by atoms with E-state index in [2.05, 4.69) is 44.1 Å². The Hall–Kier alpha value is -1.84. The molecule has 0 amide bonds. The summed E-state index contributed by atoms with van der Waals surface area (Å²) in [5, 5.41) is 13.6. The number of aromatic amines is 1. The van der Waals surface area contributed by atoms with E-state index < -0.39 is 10.0 Å². The molecule has 0 bridgehead atoms. The summed E-state index contributed by atoms with van der Waals surface area (Å²) in [6.07, 6.45) is 1.64. The second kappa shape index (κ2) is 6.96. The van der Waals surface area contributed by atoms with Crippen LogP contribution in [0, 0.1) is 0 Å². The van der Waals surface area contributed by atoms with Crippen LogP contribution in [0.5, 0.6) is 0 Å². The Morgan fingerprint density at radius 2 is 2.04 bits per heavy atom. The van der Waals surface area contributed by atoms with Crippen LogP contribution < -0.4 is 4.72 Å². The fraction of sp³-hybridized carbons (Fsp3) is 0.533. The molecular weight excluding hydrogens is 328 g/mol. The minimum Gasteiger partial charge on any atom is -0.301 e. The molecule has 8 nitrogen and oxygen atoms in total. The number of tetrazole rings is 1. The Morgan fingerprint density at radius 3 is 2.67 bits per heavy atom. The molecule has 2 N–H and O–H groups in total. The zero-order valence-electron chi connectivity index (χ0n) is 13.8. The molecule has 1 aliphatic rings. The summed E-state index contributed by atoms with van der Waals surface area (Å²) in [6, 6.07) is 7.05. The highest BCUT2D eigenvalue weighted by Gasteiger charge is 2.25. The third-order valence-corrected chi connectivity index (χ3v) is 5.85. The summed E-state index contributed by atoms with van der Waals surface area (Å²) >= 11 is 0. The summed E-state index contributed by atoms with van der Waals surface area (Å²) in [6.45, 7) is 6.14. The molecule has 130 valence electrons. The minimum absolute atomic E-state index is 0.0289. The molecule has 0 aliphatic carbocycles. The van der Waals surface area contributed by atoms with Crippen LogP contribution in [0.3, 0.4) is 0 Å². The topological polar surface area (TPSA) is 104 Å². The quantitative estimate of drug-likeness (QED) is 0.834. The van der Waals surface area contributed by atoms with Gasteiger partial charge in [0.25, 0.3) is 0 Å². The van der Waals surface area contributed by atoms with Gasteiger partial charge in [0.2, 0.25) is 15.8 Å². The number of aromatic nitrogens is 4. The van der Waals surface area contributed by atoms with Crippen LogP contribution >= 0.6 is 0 Å². The molecule has 1 aromatic carbocycles. The number of rotatable bonds is 5. The third kappa shape index (κ3) is 3.80. The van der Waals surface area contributed by atoms with E-state index in [9.17, 15) is 8.42 Å². The van der Waals surface area contributed by atoms with Crippen molar-refractivity contribution in [3.8, 4) is 11.4 Å². The van der Waals surface area contributed by atoms with E-state index in [0.717, 1.165) is 25.9 Å². The number of sulfonamides is 1. The second-order valence-electron chi connectivity index (χ2n) is 6.29. The second-order valence-corrected chi connectivity index (χ2v) is 8.00. The first-order valence-electron chi connectivity index (χ1n) is 8.06. The zero-order valence-corrected chi connectivity index (χ0v) is 14.6. The summed E-state index contributed by atoms with van der Waals surface area (Å²) in [7, 11) is -3.57. The van der Waals surface area contributed by atoms with Crippen LogP contribution in [0.4, 0.5) is 0 Å². The Morgan fingerprint density at radius 1 is 1.29 bits per heavy atom. The number of hydrogen-bond acceptors (Lipinski definition) is 6. The highest BCUT2D eigenvalue weighted by molar-refractivity contribution is 7.89. The first-order valence-corrected chi connectivity index (χ1v) is 9.54. The molecule has 1 aromatic heterocycles. The summed E-state index contributed by atoms with van der Waals surface area (Å²) in [5.74, 6) is 0.372. The van der Waals surface area contributed by atoms with E-state index in [1.54, 1.807) is 24.3 Å². The molecule has 0 atom stereocenters. The average molecular weight is 350 g/mol. The molecule has 3 rings (SSSR count). The maximum Gasteiger partial charge on any atom is 0.240 e. The van der Waals surface area contributed by atoms with Gasteiger partial charge in [-0.3, -0.25) is 0 Å². The predicted octanol–water partition coefficient (Wildman–Crippen LogP) is 1.02. The van der Waals surface area contributed by atoms with E-state index >= 15 is 0 Å². The van der Waals surface area contributed by atoms with Gasteiger partial charge in [0.05, 0.1) is 4.90 Å². The zero-order chi connectivity index (χ0) is 17.2. The lowest BCUT2D eigenvalue weighted by atomic mass is 10.1. The molecule has 2 heterocycles. The minimum atomic E-state index is -3.57. The lowest BCUT2D eigenvalue weighted by Crippen LogP contribution is -2.46. The number of nitrogens with zero attached hydrogens (tertiary/aromatic N) is 4. The molecule has 1 saturated heterocycles. The van der Waals surface area contributed by atoms with Crippen molar-refractivity contribution in [1.82, 2.24) is 30.2 Å². The molecule has 0 saturated carbocycles. The van der Waals surface area contributed by atoms with Crippen molar-refractivity contribution in [1.29, 1.82) is 0 Å². The number of benzene rings is 1. The number of nitrogens with one attached hydrogen (secondary N) is 2. The van der Waals surface area contributed by atoms with Gasteiger partial charge in [-0.25, -0.2) is 13.1 Å². The molecule has 2 aromatic rings. The van der Waals surface area contributed by atoms with Crippen molar-refractivity contribution in [3.05, 3.63) is 24.3 Å². The fourth-order valence-electron chi connectivity index (χ4n) is 2.91. The lowest BCUT2D eigenvalue weighted by Gasteiger charge is -2.34. The molecule has 9 heteroatoms. The maximum absolute atomic E-state index is 12.6. The predicted molar refractivity (Wildman–Crippen MR) is 89.7 cm³/mol. The highest BCUT2D eigenvalue weighted by atomic mass is 32.2. The SMILES string of the molecule is CC(C)N1CCC(NS(=O)(=O)c2cccc(-c3nn[nH]n3)c2)CC1. The Bertz CT molecular complexity index is 767. The monoisotopic (exact) mass is 350 g/mol. The standard InChI is InChI=1S/C15H22N6O2S/c1-11(2)21-8-6-13(7-9-21)18-24(22,23)14-5-3-4-12(10-14)15-16-19-20-17-15/h3-5,10-11,13,18H,6-9H2,1-2H3,(H,16,17,19,20). The third-order valence-electron chi connectivity index (χ3n) is 4.33. The molecule has 0 spiro atoms. The largest absolute Gasteiger partial charge is 0.301 e. The smallest absolute Gasteiger partial charge is 0.240 e. The van der Waals surface area contributed by atoms with Gasteiger partial charge in [0, 0.05) is 17.6 Å². The average Bonchev–Trinajstić information content (AvgIpc) is 3.10. The molecule has 1 aliphatic heterocycles. The van der Waals surface area contributed by atoms with Gasteiger partial charge < -0.3 is 4.90 Å². The first-order chi connectivity index (χ1) is 11.5. The van der Waals surface area contributed by atoms with Crippen molar-refractivity contribution in [2.45, 2.75) is 43.7 Å². The van der Waals surface area contributed by atoms with Gasteiger partial charge in [-0.2, -0.15) is 5.21 Å². The highest BCUT2D eigenvalue weighted by Crippen LogP contribution is 2.20. The normalized spacial score (nSPS) is 17.5. The van der Waals surface area contributed by atoms with Crippen molar-refractivity contribution >= 4 is 10.0 Å². The molecule has 24 heavy (non-hydrogen) atoms. The van der Waals surface area contributed by atoms with Crippen LogP contribution in [0.15, 0.2) is 29.2 Å². The van der Waals surface area contributed by atoms with Crippen molar-refractivity contribution in [2.75, 3.05) is 13.1 Å². The van der Waals surface area contributed by atoms with Gasteiger partial charge >= 0.3 is 0 Å². The number of likely N-dealkylation sites (tertiary alicyclic amines) is 1. The van der Waals surface area contributed by atoms with Crippen LogP contribution in [0.1, 0.15) is 26.7 Å². The van der Waals surface area contributed by atoms with E-state index in [1.165, 1.54) is 0 Å². The van der Waals surface area contributed by atoms with E-state index in [1.807, 2.05) is 0 Å². The summed E-state index contributed by atoms with van der Waals surface area (Å²) in [4.78, 5) is 2.58. The van der Waals surface area contributed by atoms with Gasteiger partial charge in [-0.15, -0.1) is 10.2 Å². The number of piperidine rings is 1. The van der Waals surface area contributed by atoms with Crippen molar-refractivity contribution in [3.63, 3.8) is 0 Å². The van der Waals surface area contributed by atoms with Crippen LogP contribution in [-0.2, 0) is 10.0 Å². The van der Waals surface area contributed by atoms with Crippen molar-refractivity contribution in [2.24, 2.45) is 0 Å². The Balaban J connectivity index is 1.71. The van der Waals surface area contributed by atoms with Gasteiger partial charge in [0.15, 0.2) is 0 Å². The van der Waals surface area contributed by atoms with Gasteiger partial charge in [-0.1, -0.05) is 12.1 Å². The number of H-pyrrole nitrogens is 1. The molecule has 0 radical (unpaired) electrons. The van der Waals surface area contributed by atoms with Crippen LogP contribution in [-0.4, -0.2) is 59.1 Å². The van der Waals surface area contributed by atoms with Gasteiger partial charge in [0.1, 0.15) is 0 Å². The Labute approximate surface area is 141 Å². The van der Waals surface area contributed by atoms with E-state index in [4.69, 9.17) is 0 Å². The van der Waals surface area contributed by atoms with Crippen LogP contribution in [0.25, 0.3) is 11.4 Å². The molecule has 1 fully saturated rings. The number of hydrogen-bond donors (Lipinski definition) is 2.